The van der Waals surface area contributed by atoms with Crippen molar-refractivity contribution in [1.82, 2.24) is 9.55 Å². The summed E-state index contributed by atoms with van der Waals surface area (Å²) in [7, 11) is 0. The van der Waals surface area contributed by atoms with Gasteiger partial charge in [-0.3, -0.25) is 14.3 Å². The van der Waals surface area contributed by atoms with Crippen molar-refractivity contribution in [2.24, 2.45) is 5.92 Å². The minimum atomic E-state index is -0.418. The van der Waals surface area contributed by atoms with Gasteiger partial charge in [0.25, 0.3) is 5.56 Å². The lowest BCUT2D eigenvalue weighted by molar-refractivity contribution is 0.243. The Balaban J connectivity index is 2.40. The van der Waals surface area contributed by atoms with Gasteiger partial charge in [0.15, 0.2) is 0 Å². The lowest BCUT2D eigenvalue weighted by Crippen LogP contribution is -2.32. The van der Waals surface area contributed by atoms with Gasteiger partial charge in [0.05, 0.1) is 11.6 Å². The second-order valence-electron chi connectivity index (χ2n) is 4.17. The maximum Gasteiger partial charge on any atom is 0.328 e. The molecule has 6 heteroatoms. The van der Waals surface area contributed by atoms with Gasteiger partial charge in [0.1, 0.15) is 0 Å². The average molecular weight is 356 g/mol. The molecular weight excluding hydrogens is 343 g/mol. The van der Waals surface area contributed by atoms with Crippen LogP contribution in [-0.4, -0.2) is 21.3 Å². The van der Waals surface area contributed by atoms with Gasteiger partial charge in [-0.05, 0) is 16.6 Å². The molecule has 0 aromatic carbocycles. The van der Waals surface area contributed by atoms with E-state index in [9.17, 15) is 9.59 Å². The fraction of sp³-hybridized carbons (Fsp3) is 0.333. The summed E-state index contributed by atoms with van der Waals surface area (Å²) >= 11 is 2.02. The molecule has 0 radical (unpaired) electrons. The summed E-state index contributed by atoms with van der Waals surface area (Å²) < 4.78 is 3.22. The molecule has 1 aromatic heterocycles. The maximum atomic E-state index is 11.8. The van der Waals surface area contributed by atoms with Crippen molar-refractivity contribution in [3.05, 3.63) is 48.8 Å². The third-order valence-corrected chi connectivity index (χ3v) is 3.34. The molecule has 96 valence electrons. The van der Waals surface area contributed by atoms with Crippen molar-refractivity contribution in [3.8, 4) is 0 Å². The van der Waals surface area contributed by atoms with Gasteiger partial charge >= 0.3 is 5.69 Å². The van der Waals surface area contributed by atoms with E-state index in [0.29, 0.717) is 12.0 Å². The highest BCUT2D eigenvalue weighted by Crippen LogP contribution is 2.26. The smallest absolute Gasteiger partial charge is 0.328 e. The molecule has 1 aromatic rings. The summed E-state index contributed by atoms with van der Waals surface area (Å²) in [5.41, 5.74) is -0.353. The first-order chi connectivity index (χ1) is 8.65. The number of allylic oxidation sites excluding steroid dienone is 1. The number of hydrogen-bond donors (Lipinski definition) is 2. The first-order valence-corrected chi connectivity index (χ1v) is 6.81. The van der Waals surface area contributed by atoms with Crippen LogP contribution in [0.15, 0.2) is 32.0 Å². The molecule has 5 nitrogen and oxygen atoms in total. The minimum absolute atomic E-state index is 0.0750. The van der Waals surface area contributed by atoms with Gasteiger partial charge < -0.3 is 5.11 Å². The van der Waals surface area contributed by atoms with Gasteiger partial charge in [0, 0.05) is 18.7 Å². The zero-order valence-electron chi connectivity index (χ0n) is 9.54. The van der Waals surface area contributed by atoms with E-state index in [2.05, 4.69) is 4.98 Å². The molecule has 1 heterocycles. The van der Waals surface area contributed by atoms with E-state index < -0.39 is 5.69 Å². The van der Waals surface area contributed by atoms with Crippen molar-refractivity contribution >= 4 is 28.7 Å². The Labute approximate surface area is 117 Å². The first-order valence-electron chi connectivity index (χ1n) is 5.57. The van der Waals surface area contributed by atoms with Crippen LogP contribution in [-0.2, 0) is 0 Å². The number of rotatable bonds is 3. The van der Waals surface area contributed by atoms with Gasteiger partial charge in [-0.2, -0.15) is 0 Å². The zero-order valence-corrected chi connectivity index (χ0v) is 11.7. The first kappa shape index (κ1) is 13.3. The van der Waals surface area contributed by atoms with Crippen LogP contribution in [0.1, 0.15) is 18.0 Å². The molecule has 1 aliphatic rings. The standard InChI is InChI=1S/C12H13IN2O3/c13-4-3-9-6-15(12(18)14-11(9)17)10-2-1-8(5-10)7-16/h1-4,6,8,10,16H,5,7H2,(H,14,17,18)/b4-3+/t8-,10+/m1/s1/i13-4. The molecule has 0 bridgehead atoms. The number of nitrogens with one attached hydrogen (secondary N) is 1. The van der Waals surface area contributed by atoms with Crippen LogP contribution in [0, 0.1) is 5.92 Å². The van der Waals surface area contributed by atoms with E-state index in [1.165, 1.54) is 4.57 Å². The number of halogens is 1. The van der Waals surface area contributed by atoms with Crippen molar-refractivity contribution in [2.45, 2.75) is 12.5 Å². The number of aliphatic hydroxyl groups is 1. The van der Waals surface area contributed by atoms with Crippen LogP contribution in [0.25, 0.3) is 6.08 Å². The fourth-order valence-corrected chi connectivity index (χ4v) is 2.42. The molecule has 0 saturated carbocycles. The lowest BCUT2D eigenvalue weighted by atomic mass is 10.1. The molecule has 2 N–H and O–H groups in total. The van der Waals surface area contributed by atoms with Crippen LogP contribution >= 0.6 is 22.6 Å². The van der Waals surface area contributed by atoms with Crippen molar-refractivity contribution in [2.75, 3.05) is 6.61 Å². The highest BCUT2D eigenvalue weighted by atomic mass is 123. The zero-order chi connectivity index (χ0) is 13.1. The Bertz CT molecular complexity index is 600. The molecule has 2 rings (SSSR count). The van der Waals surface area contributed by atoms with E-state index in [0.717, 1.165) is 0 Å². The van der Waals surface area contributed by atoms with Crippen molar-refractivity contribution in [1.29, 1.82) is 0 Å². The van der Waals surface area contributed by atoms with Gasteiger partial charge in [-0.1, -0.05) is 34.7 Å². The molecule has 0 aliphatic heterocycles. The number of aromatic amines is 1. The summed E-state index contributed by atoms with van der Waals surface area (Å²) in [4.78, 5) is 25.6. The molecule has 2 atom stereocenters. The lowest BCUT2D eigenvalue weighted by Gasteiger charge is -2.13. The minimum Gasteiger partial charge on any atom is -0.396 e. The Morgan fingerprint density at radius 1 is 1.50 bits per heavy atom. The summed E-state index contributed by atoms with van der Waals surface area (Å²) in [5, 5.41) is 9.07. The third-order valence-electron chi connectivity index (χ3n) is 2.98. The Hall–Kier alpha value is -1.15. The average Bonchev–Trinajstić information content (AvgIpc) is 2.81. The van der Waals surface area contributed by atoms with E-state index in [-0.39, 0.29) is 24.1 Å². The van der Waals surface area contributed by atoms with Crippen LogP contribution in [0.4, 0.5) is 0 Å². The fourth-order valence-electron chi connectivity index (χ4n) is 2.03. The molecule has 0 fully saturated rings. The number of aliphatic hydroxyl groups excluding tert-OH is 1. The van der Waals surface area contributed by atoms with Gasteiger partial charge in [0.2, 0.25) is 0 Å². The summed E-state index contributed by atoms with van der Waals surface area (Å²) in [6, 6.07) is -0.104. The SMILES string of the molecule is O=c1[nH]c(=O)n([C@H]2C=C[C@@H](CO)C2)cc1/C=C/[123I]. The molecule has 1 aliphatic carbocycles. The summed E-state index contributed by atoms with van der Waals surface area (Å²) in [6.07, 6.45) is 7.67. The van der Waals surface area contributed by atoms with E-state index >= 15 is 0 Å². The molecule has 0 spiro atoms. The van der Waals surface area contributed by atoms with E-state index in [1.807, 2.05) is 34.7 Å². The van der Waals surface area contributed by atoms with Crippen LogP contribution in [0.5, 0.6) is 0 Å². The highest BCUT2D eigenvalue weighted by molar-refractivity contribution is 14.1. The van der Waals surface area contributed by atoms with Gasteiger partial charge in [-0.15, -0.1) is 0 Å². The maximum absolute atomic E-state index is 11.8. The van der Waals surface area contributed by atoms with Crippen LogP contribution < -0.4 is 11.2 Å². The largest absolute Gasteiger partial charge is 0.396 e. The topological polar surface area (TPSA) is 75.1 Å². The number of nitrogens with zero attached hydrogens (tertiary/aromatic N) is 1. The molecule has 0 unspecified atom stereocenters. The Morgan fingerprint density at radius 3 is 2.89 bits per heavy atom. The van der Waals surface area contributed by atoms with Crippen molar-refractivity contribution in [3.63, 3.8) is 0 Å². The monoisotopic (exact) mass is 356 g/mol. The summed E-state index contributed by atoms with van der Waals surface area (Å²) in [6.45, 7) is 0.0750. The second-order valence-corrected chi connectivity index (χ2v) is 4.89. The quantitative estimate of drug-likeness (QED) is 0.628. The predicted molar refractivity (Wildman–Crippen MR) is 77.7 cm³/mol. The summed E-state index contributed by atoms with van der Waals surface area (Å²) in [5.74, 6) is 0.0809. The predicted octanol–water partition coefficient (Wildman–Crippen LogP) is 1.05. The number of hydrogen-bond acceptors (Lipinski definition) is 3. The van der Waals surface area contributed by atoms with E-state index in [4.69, 9.17) is 5.11 Å². The number of H-pyrrole nitrogens is 1. The van der Waals surface area contributed by atoms with E-state index in [1.54, 1.807) is 16.4 Å². The van der Waals surface area contributed by atoms with Crippen molar-refractivity contribution < 1.29 is 5.11 Å². The molecule has 0 amide bonds. The van der Waals surface area contributed by atoms with Crippen LogP contribution in [0.2, 0.25) is 0 Å². The normalized spacial score (nSPS) is 23.0. The van der Waals surface area contributed by atoms with Gasteiger partial charge in [-0.25, -0.2) is 4.79 Å². The Morgan fingerprint density at radius 2 is 2.28 bits per heavy atom. The molecule has 18 heavy (non-hydrogen) atoms. The Kier molecular flexibility index (Phi) is 4.18. The highest BCUT2D eigenvalue weighted by Gasteiger charge is 2.20. The van der Waals surface area contributed by atoms with Crippen LogP contribution in [0.3, 0.4) is 0 Å². The molecule has 0 saturated heterocycles. The molecular formula is C12H13IN2O3. The number of aromatic nitrogens is 2. The second kappa shape index (κ2) is 5.66. The third kappa shape index (κ3) is 2.64.